The lowest BCUT2D eigenvalue weighted by molar-refractivity contribution is 0.104. The molecule has 0 radical (unpaired) electrons. The number of Topliss-reactive ketones (excluding diaryl/α,β-unsaturated/α-hetero) is 1. The molecule has 28 heavy (non-hydrogen) atoms. The van der Waals surface area contributed by atoms with Gasteiger partial charge in [-0.1, -0.05) is 59.7 Å². The Morgan fingerprint density at radius 1 is 0.964 bits per heavy atom. The number of allylic oxidation sites excluding steroid dienone is 1. The van der Waals surface area contributed by atoms with Gasteiger partial charge in [0.15, 0.2) is 15.6 Å². The smallest absolute Gasteiger partial charge is 0.210 e. The van der Waals surface area contributed by atoms with Crippen LogP contribution >= 0.6 is 0 Å². The van der Waals surface area contributed by atoms with Crippen molar-refractivity contribution in [2.45, 2.75) is 19.1 Å². The third-order valence-corrected chi connectivity index (χ3v) is 6.17. The molecular formula is C21H20N2O4S. The van der Waals surface area contributed by atoms with Crippen LogP contribution in [0.15, 0.2) is 65.1 Å². The van der Waals surface area contributed by atoms with Gasteiger partial charge in [-0.3, -0.25) is 9.59 Å². The molecule has 1 unspecified atom stereocenters. The highest BCUT2D eigenvalue weighted by atomic mass is 32.2. The number of carbonyl (C=O) groups excluding carboxylic acids is 2. The number of hydrazone groups is 1. The summed E-state index contributed by atoms with van der Waals surface area (Å²) in [4.78, 5) is 24.9. The van der Waals surface area contributed by atoms with Crippen molar-refractivity contribution in [2.24, 2.45) is 5.10 Å². The molecule has 1 N–H and O–H groups in total. The third kappa shape index (κ3) is 4.26. The van der Waals surface area contributed by atoms with Gasteiger partial charge in [-0.15, -0.1) is 0 Å². The molecule has 7 heteroatoms. The molecule has 0 aliphatic carbocycles. The van der Waals surface area contributed by atoms with E-state index in [9.17, 15) is 18.0 Å². The summed E-state index contributed by atoms with van der Waals surface area (Å²) < 4.78 is 25.4. The van der Waals surface area contributed by atoms with Gasteiger partial charge in [0.2, 0.25) is 5.78 Å². The largest absolute Gasteiger partial charge is 0.308 e. The van der Waals surface area contributed by atoms with Crippen molar-refractivity contribution in [1.29, 1.82) is 0 Å². The van der Waals surface area contributed by atoms with E-state index in [1.165, 1.54) is 0 Å². The predicted octanol–water partition coefficient (Wildman–Crippen LogP) is 2.63. The van der Waals surface area contributed by atoms with Crippen molar-refractivity contribution in [3.63, 3.8) is 0 Å². The number of aryl methyl sites for hydroxylation is 2. The molecule has 0 amide bonds. The van der Waals surface area contributed by atoms with Gasteiger partial charge in [0.1, 0.15) is 11.0 Å². The Bertz CT molecular complexity index is 1070. The minimum Gasteiger partial charge on any atom is -0.308 e. The summed E-state index contributed by atoms with van der Waals surface area (Å²) in [5.74, 6) is -0.866. The Kier molecular flexibility index (Phi) is 5.56. The molecular weight excluding hydrogens is 376 g/mol. The SMILES string of the molecule is Cc1ccc(C(=O)/C=C/S(=O)(=O)C2CNN=C2C(=O)c2ccc(C)cc2)cc1. The highest BCUT2D eigenvalue weighted by Gasteiger charge is 2.36. The Balaban J connectivity index is 1.79. The van der Waals surface area contributed by atoms with Gasteiger partial charge in [-0.05, 0) is 19.9 Å². The van der Waals surface area contributed by atoms with E-state index in [1.807, 2.05) is 13.8 Å². The van der Waals surface area contributed by atoms with Gasteiger partial charge >= 0.3 is 0 Å². The second-order valence-corrected chi connectivity index (χ2v) is 8.68. The second kappa shape index (κ2) is 7.90. The Morgan fingerprint density at radius 3 is 2.07 bits per heavy atom. The average Bonchev–Trinajstić information content (AvgIpc) is 3.18. The van der Waals surface area contributed by atoms with E-state index < -0.39 is 26.7 Å². The Hall–Kier alpha value is -3.06. The summed E-state index contributed by atoms with van der Waals surface area (Å²) in [6, 6.07) is 13.7. The summed E-state index contributed by atoms with van der Waals surface area (Å²) >= 11 is 0. The fraction of sp³-hybridized carbons (Fsp3) is 0.190. The lowest BCUT2D eigenvalue weighted by atomic mass is 10.0. The Morgan fingerprint density at radius 2 is 1.50 bits per heavy atom. The zero-order valence-electron chi connectivity index (χ0n) is 15.5. The van der Waals surface area contributed by atoms with Gasteiger partial charge in [0, 0.05) is 16.5 Å². The molecule has 0 saturated carbocycles. The van der Waals surface area contributed by atoms with Crippen LogP contribution in [0.4, 0.5) is 0 Å². The van der Waals surface area contributed by atoms with Crippen LogP contribution in [-0.4, -0.2) is 37.5 Å². The third-order valence-electron chi connectivity index (χ3n) is 4.47. The maximum absolute atomic E-state index is 12.7. The number of carbonyl (C=O) groups is 2. The molecule has 1 heterocycles. The van der Waals surface area contributed by atoms with E-state index in [4.69, 9.17) is 0 Å². The topological polar surface area (TPSA) is 92.7 Å². The van der Waals surface area contributed by atoms with E-state index in [-0.39, 0.29) is 12.3 Å². The average molecular weight is 396 g/mol. The minimum absolute atomic E-state index is 0.0155. The second-order valence-electron chi connectivity index (χ2n) is 6.67. The van der Waals surface area contributed by atoms with Gasteiger partial charge in [0.05, 0.1) is 6.54 Å². The molecule has 1 atom stereocenters. The first-order chi connectivity index (χ1) is 13.3. The first-order valence-electron chi connectivity index (χ1n) is 8.73. The van der Waals surface area contributed by atoms with Crippen LogP contribution in [0, 0.1) is 13.8 Å². The van der Waals surface area contributed by atoms with Crippen LogP contribution in [0.5, 0.6) is 0 Å². The molecule has 3 rings (SSSR count). The molecule has 1 aliphatic rings. The van der Waals surface area contributed by atoms with Crippen LogP contribution < -0.4 is 5.43 Å². The van der Waals surface area contributed by atoms with Crippen molar-refractivity contribution < 1.29 is 18.0 Å². The molecule has 2 aromatic rings. The van der Waals surface area contributed by atoms with Gasteiger partial charge in [-0.25, -0.2) is 8.42 Å². The summed E-state index contributed by atoms with van der Waals surface area (Å²) in [6.45, 7) is 3.78. The molecule has 2 aromatic carbocycles. The lowest BCUT2D eigenvalue weighted by Gasteiger charge is -2.10. The van der Waals surface area contributed by atoms with E-state index in [2.05, 4.69) is 10.5 Å². The zero-order chi connectivity index (χ0) is 20.3. The first-order valence-corrected chi connectivity index (χ1v) is 10.3. The minimum atomic E-state index is -3.90. The highest BCUT2D eigenvalue weighted by molar-refractivity contribution is 7.95. The van der Waals surface area contributed by atoms with Crippen LogP contribution in [0.25, 0.3) is 0 Å². The van der Waals surface area contributed by atoms with Crippen molar-refractivity contribution >= 4 is 27.1 Å². The molecule has 0 saturated heterocycles. The number of hydrogen-bond donors (Lipinski definition) is 1. The molecule has 144 valence electrons. The first kappa shape index (κ1) is 19.7. The summed E-state index contributed by atoms with van der Waals surface area (Å²) in [6.07, 6.45) is 1.02. The van der Waals surface area contributed by atoms with Crippen LogP contribution in [0.1, 0.15) is 31.8 Å². The normalized spacial score (nSPS) is 16.6. The van der Waals surface area contributed by atoms with Gasteiger partial charge < -0.3 is 5.43 Å². The van der Waals surface area contributed by atoms with E-state index in [0.717, 1.165) is 22.6 Å². The quantitative estimate of drug-likeness (QED) is 0.599. The predicted molar refractivity (Wildman–Crippen MR) is 108 cm³/mol. The fourth-order valence-electron chi connectivity index (χ4n) is 2.77. The monoisotopic (exact) mass is 396 g/mol. The molecule has 0 aromatic heterocycles. The summed E-state index contributed by atoms with van der Waals surface area (Å²) in [5, 5.41) is 3.63. The zero-order valence-corrected chi connectivity index (χ0v) is 16.4. The maximum atomic E-state index is 12.7. The van der Waals surface area contributed by atoms with E-state index in [0.29, 0.717) is 11.1 Å². The van der Waals surface area contributed by atoms with Gasteiger partial charge in [-0.2, -0.15) is 5.10 Å². The van der Waals surface area contributed by atoms with E-state index in [1.54, 1.807) is 48.5 Å². The van der Waals surface area contributed by atoms with Crippen molar-refractivity contribution in [3.05, 3.63) is 82.3 Å². The van der Waals surface area contributed by atoms with Gasteiger partial charge in [0.25, 0.3) is 0 Å². The maximum Gasteiger partial charge on any atom is 0.210 e. The molecule has 0 spiro atoms. The number of hydrogen-bond acceptors (Lipinski definition) is 6. The molecule has 1 aliphatic heterocycles. The van der Waals surface area contributed by atoms with Crippen molar-refractivity contribution in [2.75, 3.05) is 6.54 Å². The molecule has 6 nitrogen and oxygen atoms in total. The van der Waals surface area contributed by atoms with Crippen molar-refractivity contribution in [3.8, 4) is 0 Å². The van der Waals surface area contributed by atoms with Crippen molar-refractivity contribution in [1.82, 2.24) is 5.43 Å². The van der Waals surface area contributed by atoms with Crippen LogP contribution in [0.3, 0.4) is 0 Å². The number of benzene rings is 2. The molecule has 0 bridgehead atoms. The fourth-order valence-corrected chi connectivity index (χ4v) is 4.05. The summed E-state index contributed by atoms with van der Waals surface area (Å²) in [7, 11) is -3.90. The number of ketones is 2. The standard InChI is InChI=1S/C21H20N2O4S/c1-14-3-7-16(8-4-14)18(24)11-12-28(26,27)19-13-22-23-20(19)21(25)17-9-5-15(2)6-10-17/h3-12,19,22H,13H2,1-2H3/b12-11+. The summed E-state index contributed by atoms with van der Waals surface area (Å²) in [5.41, 5.74) is 5.27. The Labute approximate surface area is 163 Å². The highest BCUT2D eigenvalue weighted by Crippen LogP contribution is 2.16. The van der Waals surface area contributed by atoms with Crippen LogP contribution in [-0.2, 0) is 9.84 Å². The number of sulfone groups is 1. The lowest BCUT2D eigenvalue weighted by Crippen LogP contribution is -2.35. The van der Waals surface area contributed by atoms with Crippen LogP contribution in [0.2, 0.25) is 0 Å². The number of nitrogens with one attached hydrogen (secondary N) is 1. The number of nitrogens with zero attached hydrogens (tertiary/aromatic N) is 1. The number of rotatable bonds is 6. The molecule has 0 fully saturated rings. The van der Waals surface area contributed by atoms with E-state index >= 15 is 0 Å².